The van der Waals surface area contributed by atoms with Crippen molar-refractivity contribution < 1.29 is 14.8 Å². The summed E-state index contributed by atoms with van der Waals surface area (Å²) in [5.41, 5.74) is 1.19. The summed E-state index contributed by atoms with van der Waals surface area (Å²) in [6.45, 7) is 1.57. The van der Waals surface area contributed by atoms with E-state index in [-0.39, 0.29) is 22.6 Å². The van der Waals surface area contributed by atoms with Crippen LogP contribution in [-0.2, 0) is 0 Å². The van der Waals surface area contributed by atoms with Crippen molar-refractivity contribution in [2.75, 3.05) is 0 Å². The molecule has 2 heterocycles. The number of benzene rings is 1. The van der Waals surface area contributed by atoms with Gasteiger partial charge in [-0.2, -0.15) is 0 Å². The van der Waals surface area contributed by atoms with Gasteiger partial charge in [-0.3, -0.25) is 15.1 Å². The van der Waals surface area contributed by atoms with E-state index < -0.39 is 10.9 Å². The minimum Gasteiger partial charge on any atom is -0.478 e. The summed E-state index contributed by atoms with van der Waals surface area (Å²) in [7, 11) is 0. The Labute approximate surface area is 142 Å². The van der Waals surface area contributed by atoms with Gasteiger partial charge in [0.05, 0.1) is 16.3 Å². The van der Waals surface area contributed by atoms with Gasteiger partial charge in [0.15, 0.2) is 5.82 Å². The molecule has 0 fully saturated rings. The highest BCUT2D eigenvalue weighted by molar-refractivity contribution is 5.96. The number of aryl methyl sites for hydroxylation is 1. The predicted molar refractivity (Wildman–Crippen MR) is 89.0 cm³/mol. The Morgan fingerprint density at radius 1 is 1.12 bits per heavy atom. The first-order chi connectivity index (χ1) is 12.0. The molecule has 0 bridgehead atoms. The number of nitro groups is 1. The normalized spacial score (nSPS) is 10.4. The molecule has 0 radical (unpaired) electrons. The molecule has 0 saturated heterocycles. The molecule has 0 spiro atoms. The molecule has 0 saturated carbocycles. The third-order valence-electron chi connectivity index (χ3n) is 3.57. The van der Waals surface area contributed by atoms with E-state index in [4.69, 9.17) is 0 Å². The van der Waals surface area contributed by atoms with E-state index in [1.54, 1.807) is 37.5 Å². The lowest BCUT2D eigenvalue weighted by Gasteiger charge is -2.11. The van der Waals surface area contributed by atoms with Gasteiger partial charge in [0, 0.05) is 35.7 Å². The highest BCUT2D eigenvalue weighted by atomic mass is 16.6. The first-order valence-corrected chi connectivity index (χ1v) is 7.24. The van der Waals surface area contributed by atoms with E-state index in [1.165, 1.54) is 18.2 Å². The third kappa shape index (κ3) is 3.18. The van der Waals surface area contributed by atoms with Gasteiger partial charge in [-0.1, -0.05) is 12.1 Å². The van der Waals surface area contributed by atoms with Crippen molar-refractivity contribution in [3.63, 3.8) is 0 Å². The van der Waals surface area contributed by atoms with Crippen molar-refractivity contribution >= 4 is 11.7 Å². The molecule has 0 amide bonds. The maximum Gasteiger partial charge on any atom is 0.339 e. The Hall–Kier alpha value is -3.68. The number of nitro benzene ring substituents is 1. The number of hydrogen-bond donors (Lipinski definition) is 1. The number of carboxylic acids is 1. The molecule has 124 valence electrons. The zero-order valence-corrected chi connectivity index (χ0v) is 13.1. The highest BCUT2D eigenvalue weighted by Gasteiger charge is 2.21. The summed E-state index contributed by atoms with van der Waals surface area (Å²) in [6.07, 6.45) is 3.15. The number of carboxylic acid groups (broad SMARTS) is 1. The lowest BCUT2D eigenvalue weighted by Crippen LogP contribution is -2.08. The fourth-order valence-electron chi connectivity index (χ4n) is 2.43. The zero-order valence-electron chi connectivity index (χ0n) is 13.1. The van der Waals surface area contributed by atoms with Crippen LogP contribution < -0.4 is 0 Å². The van der Waals surface area contributed by atoms with Crippen molar-refractivity contribution in [3.05, 3.63) is 70.2 Å². The summed E-state index contributed by atoms with van der Waals surface area (Å²) in [5.74, 6) is -0.869. The predicted octanol–water partition coefficient (Wildman–Crippen LogP) is 3.12. The second-order valence-electron chi connectivity index (χ2n) is 5.20. The zero-order chi connectivity index (χ0) is 18.0. The van der Waals surface area contributed by atoms with Crippen molar-refractivity contribution in [1.29, 1.82) is 0 Å². The van der Waals surface area contributed by atoms with Crippen molar-refractivity contribution in [2.24, 2.45) is 0 Å². The van der Waals surface area contributed by atoms with Crippen LogP contribution in [0.1, 0.15) is 16.1 Å². The molecule has 0 aliphatic heterocycles. The molecule has 1 N–H and O–H groups in total. The van der Waals surface area contributed by atoms with Crippen LogP contribution in [0.2, 0.25) is 0 Å². The van der Waals surface area contributed by atoms with Gasteiger partial charge in [-0.15, -0.1) is 0 Å². The lowest BCUT2D eigenvalue weighted by molar-refractivity contribution is -0.384. The summed E-state index contributed by atoms with van der Waals surface area (Å²) in [6, 6.07) is 9.10. The van der Waals surface area contributed by atoms with E-state index in [0.717, 1.165) is 0 Å². The molecule has 1 aromatic carbocycles. The second-order valence-corrected chi connectivity index (χ2v) is 5.20. The Morgan fingerprint density at radius 2 is 1.84 bits per heavy atom. The number of nitrogens with zero attached hydrogens (tertiary/aromatic N) is 4. The van der Waals surface area contributed by atoms with Gasteiger partial charge in [-0.25, -0.2) is 14.8 Å². The van der Waals surface area contributed by atoms with Crippen LogP contribution in [0.25, 0.3) is 22.6 Å². The molecule has 25 heavy (non-hydrogen) atoms. The number of pyridine rings is 1. The molecule has 8 heteroatoms. The molecule has 0 aliphatic carbocycles. The van der Waals surface area contributed by atoms with Crippen LogP contribution in [0.5, 0.6) is 0 Å². The van der Waals surface area contributed by atoms with Crippen LogP contribution in [0.15, 0.2) is 48.8 Å². The van der Waals surface area contributed by atoms with Gasteiger partial charge in [0.25, 0.3) is 5.69 Å². The van der Waals surface area contributed by atoms with Crippen LogP contribution in [-0.4, -0.2) is 31.0 Å². The van der Waals surface area contributed by atoms with Crippen LogP contribution >= 0.6 is 0 Å². The number of hydrogen-bond acceptors (Lipinski definition) is 6. The van der Waals surface area contributed by atoms with E-state index in [9.17, 15) is 20.0 Å². The van der Waals surface area contributed by atoms with Gasteiger partial charge in [0.2, 0.25) is 0 Å². The molecular weight excluding hydrogens is 324 g/mol. The molecule has 0 atom stereocenters. The Bertz CT molecular complexity index is 974. The monoisotopic (exact) mass is 336 g/mol. The summed E-state index contributed by atoms with van der Waals surface area (Å²) in [4.78, 5) is 34.7. The second kappa shape index (κ2) is 6.44. The number of rotatable bonds is 4. The van der Waals surface area contributed by atoms with Gasteiger partial charge < -0.3 is 5.11 Å². The maximum atomic E-state index is 11.7. The number of aromatic carboxylic acids is 1. The molecular formula is C17H12N4O4. The van der Waals surface area contributed by atoms with E-state index in [1.807, 2.05) is 0 Å². The average Bonchev–Trinajstić information content (AvgIpc) is 2.61. The molecule has 0 unspecified atom stereocenters. The standard InChI is InChI=1S/C17H12N4O4/c1-10-14(17(22)23)15(12-3-2-4-13(9-12)21(24)25)20-16(19-10)11-5-7-18-8-6-11/h2-9H,1H3,(H,22,23). The van der Waals surface area contributed by atoms with Crippen molar-refractivity contribution in [3.8, 4) is 22.6 Å². The van der Waals surface area contributed by atoms with Gasteiger partial charge in [-0.05, 0) is 19.1 Å². The van der Waals surface area contributed by atoms with E-state index in [0.29, 0.717) is 17.0 Å². The largest absolute Gasteiger partial charge is 0.478 e. The topological polar surface area (TPSA) is 119 Å². The SMILES string of the molecule is Cc1nc(-c2ccncc2)nc(-c2cccc([N+](=O)[O-])c2)c1C(=O)O. The first kappa shape index (κ1) is 16.2. The summed E-state index contributed by atoms with van der Waals surface area (Å²) in [5, 5.41) is 20.5. The van der Waals surface area contributed by atoms with E-state index >= 15 is 0 Å². The summed E-state index contributed by atoms with van der Waals surface area (Å²) >= 11 is 0. The minimum atomic E-state index is -1.19. The highest BCUT2D eigenvalue weighted by Crippen LogP contribution is 2.29. The van der Waals surface area contributed by atoms with Gasteiger partial charge in [0.1, 0.15) is 5.56 Å². The molecule has 0 aliphatic rings. The Balaban J connectivity index is 2.26. The third-order valence-corrected chi connectivity index (χ3v) is 3.57. The molecule has 2 aromatic heterocycles. The van der Waals surface area contributed by atoms with Crippen molar-refractivity contribution in [2.45, 2.75) is 6.92 Å². The van der Waals surface area contributed by atoms with Gasteiger partial charge >= 0.3 is 5.97 Å². The fraction of sp³-hybridized carbons (Fsp3) is 0.0588. The number of aromatic nitrogens is 3. The minimum absolute atomic E-state index is 0.0849. The van der Waals surface area contributed by atoms with Crippen LogP contribution in [0.3, 0.4) is 0 Å². The summed E-state index contributed by atoms with van der Waals surface area (Å²) < 4.78 is 0. The Kier molecular flexibility index (Phi) is 4.17. The average molecular weight is 336 g/mol. The molecule has 8 nitrogen and oxygen atoms in total. The molecule has 3 rings (SSSR count). The quantitative estimate of drug-likeness (QED) is 0.574. The number of carbonyl (C=O) groups is 1. The lowest BCUT2D eigenvalue weighted by atomic mass is 10.0. The van der Waals surface area contributed by atoms with E-state index in [2.05, 4.69) is 15.0 Å². The Morgan fingerprint density at radius 3 is 2.48 bits per heavy atom. The smallest absolute Gasteiger partial charge is 0.339 e. The van der Waals surface area contributed by atoms with Crippen LogP contribution in [0, 0.1) is 17.0 Å². The molecule has 3 aromatic rings. The van der Waals surface area contributed by atoms with Crippen molar-refractivity contribution in [1.82, 2.24) is 15.0 Å². The fourth-order valence-corrected chi connectivity index (χ4v) is 2.43. The maximum absolute atomic E-state index is 11.7. The number of non-ortho nitro benzene ring substituents is 1. The van der Waals surface area contributed by atoms with Crippen LogP contribution in [0.4, 0.5) is 5.69 Å². The first-order valence-electron chi connectivity index (χ1n) is 7.24.